The van der Waals surface area contributed by atoms with E-state index in [9.17, 15) is 0 Å². The molecule has 0 bridgehead atoms. The molecule has 1 aromatic heterocycles. The highest BCUT2D eigenvalue weighted by molar-refractivity contribution is 5.97. The van der Waals surface area contributed by atoms with Crippen LogP contribution in [0.2, 0.25) is 0 Å². The van der Waals surface area contributed by atoms with Gasteiger partial charge in [-0.3, -0.25) is 4.98 Å². The highest BCUT2D eigenvalue weighted by atomic mass is 16.6. The molecule has 2 rings (SSSR count). The Bertz CT molecular complexity index is 389. The predicted octanol–water partition coefficient (Wildman–Crippen LogP) is 1.59. The first-order chi connectivity index (χ1) is 9.36. The summed E-state index contributed by atoms with van der Waals surface area (Å²) in [6.07, 6.45) is 6.04. The van der Waals surface area contributed by atoms with Crippen LogP contribution in [-0.4, -0.2) is 43.1 Å². The molecular formula is C14H21N3O2. The summed E-state index contributed by atoms with van der Waals surface area (Å²) in [4.78, 5) is 9.30. The largest absolute Gasteiger partial charge is 0.393 e. The number of oxime groups is 1. The van der Waals surface area contributed by atoms with E-state index in [1.807, 2.05) is 19.1 Å². The quantitative estimate of drug-likeness (QED) is 0.481. The summed E-state index contributed by atoms with van der Waals surface area (Å²) in [6.45, 7) is 5.08. The van der Waals surface area contributed by atoms with Crippen LogP contribution in [0.25, 0.3) is 0 Å². The zero-order valence-corrected chi connectivity index (χ0v) is 11.3. The molecule has 2 heterocycles. The molecule has 0 spiro atoms. The van der Waals surface area contributed by atoms with E-state index in [2.05, 4.69) is 15.5 Å². The zero-order chi connectivity index (χ0) is 13.3. The first-order valence-corrected chi connectivity index (χ1v) is 6.75. The van der Waals surface area contributed by atoms with Crippen LogP contribution in [0.15, 0.2) is 29.7 Å². The van der Waals surface area contributed by atoms with Crippen molar-refractivity contribution in [1.82, 2.24) is 10.3 Å². The van der Waals surface area contributed by atoms with Gasteiger partial charge in [-0.1, -0.05) is 5.16 Å². The van der Waals surface area contributed by atoms with Crippen LogP contribution in [0.4, 0.5) is 0 Å². The number of piperidine rings is 1. The highest BCUT2D eigenvalue weighted by Crippen LogP contribution is 2.06. The van der Waals surface area contributed by atoms with Crippen molar-refractivity contribution in [1.29, 1.82) is 0 Å². The lowest BCUT2D eigenvalue weighted by atomic mass is 10.1. The van der Waals surface area contributed by atoms with Crippen molar-refractivity contribution in [3.8, 4) is 0 Å². The van der Waals surface area contributed by atoms with Crippen LogP contribution in [0.5, 0.6) is 0 Å². The maximum atomic E-state index is 5.72. The van der Waals surface area contributed by atoms with E-state index in [4.69, 9.17) is 9.57 Å². The Kier molecular flexibility index (Phi) is 5.78. The number of aromatic nitrogens is 1. The van der Waals surface area contributed by atoms with Crippen molar-refractivity contribution in [3.05, 3.63) is 30.1 Å². The molecule has 1 aliphatic heterocycles. The molecule has 1 aromatic rings. The van der Waals surface area contributed by atoms with Crippen molar-refractivity contribution in [2.75, 3.05) is 26.3 Å². The van der Waals surface area contributed by atoms with Crippen LogP contribution < -0.4 is 5.32 Å². The molecule has 0 atom stereocenters. The lowest BCUT2D eigenvalue weighted by Gasteiger charge is -2.22. The van der Waals surface area contributed by atoms with Crippen molar-refractivity contribution < 1.29 is 9.57 Å². The molecule has 1 N–H and O–H groups in total. The van der Waals surface area contributed by atoms with Crippen molar-refractivity contribution >= 4 is 5.71 Å². The standard InChI is InChI=1S/C14H21N3O2/c1-12(13-3-2-6-16-11-13)17-19-10-9-18-14-4-7-15-8-5-14/h2-3,6,11,14-15H,4-5,7-10H2,1H3. The van der Waals surface area contributed by atoms with E-state index in [-0.39, 0.29) is 0 Å². The summed E-state index contributed by atoms with van der Waals surface area (Å²) in [6, 6.07) is 3.84. The summed E-state index contributed by atoms with van der Waals surface area (Å²) < 4.78 is 5.72. The summed E-state index contributed by atoms with van der Waals surface area (Å²) in [7, 11) is 0. The van der Waals surface area contributed by atoms with Gasteiger partial charge in [-0.15, -0.1) is 0 Å². The Labute approximate surface area is 114 Å². The van der Waals surface area contributed by atoms with Gasteiger partial charge < -0.3 is 14.9 Å². The van der Waals surface area contributed by atoms with Crippen molar-refractivity contribution in [3.63, 3.8) is 0 Å². The molecule has 0 aliphatic carbocycles. The molecule has 0 aromatic carbocycles. The summed E-state index contributed by atoms with van der Waals surface area (Å²) >= 11 is 0. The van der Waals surface area contributed by atoms with Gasteiger partial charge in [-0.25, -0.2) is 0 Å². The van der Waals surface area contributed by atoms with Crippen LogP contribution in [0.1, 0.15) is 25.3 Å². The van der Waals surface area contributed by atoms with Crippen molar-refractivity contribution in [2.24, 2.45) is 5.16 Å². The van der Waals surface area contributed by atoms with E-state index in [1.54, 1.807) is 12.4 Å². The Morgan fingerprint density at radius 2 is 2.26 bits per heavy atom. The van der Waals surface area contributed by atoms with Gasteiger partial charge in [0, 0.05) is 18.0 Å². The lowest BCUT2D eigenvalue weighted by Crippen LogP contribution is -2.33. The van der Waals surface area contributed by atoms with Gasteiger partial charge in [0.1, 0.15) is 6.61 Å². The number of hydrogen-bond acceptors (Lipinski definition) is 5. The molecule has 19 heavy (non-hydrogen) atoms. The molecule has 0 radical (unpaired) electrons. The number of hydrogen-bond donors (Lipinski definition) is 1. The molecule has 0 saturated carbocycles. The zero-order valence-electron chi connectivity index (χ0n) is 11.3. The predicted molar refractivity (Wildman–Crippen MR) is 74.2 cm³/mol. The average Bonchev–Trinajstić information content (AvgIpc) is 2.49. The monoisotopic (exact) mass is 263 g/mol. The fourth-order valence-electron chi connectivity index (χ4n) is 1.99. The first-order valence-electron chi connectivity index (χ1n) is 6.75. The third kappa shape index (κ3) is 4.96. The summed E-state index contributed by atoms with van der Waals surface area (Å²) in [5.41, 5.74) is 1.80. The van der Waals surface area contributed by atoms with E-state index in [0.717, 1.165) is 37.2 Å². The average molecular weight is 263 g/mol. The fraction of sp³-hybridized carbons (Fsp3) is 0.571. The van der Waals surface area contributed by atoms with E-state index in [0.29, 0.717) is 19.3 Å². The lowest BCUT2D eigenvalue weighted by molar-refractivity contribution is -0.00605. The molecule has 5 heteroatoms. The highest BCUT2D eigenvalue weighted by Gasteiger charge is 2.12. The SMILES string of the molecule is CC(=NOCCOC1CCNCC1)c1cccnc1. The molecule has 5 nitrogen and oxygen atoms in total. The topological polar surface area (TPSA) is 55.7 Å². The molecule has 104 valence electrons. The molecular weight excluding hydrogens is 242 g/mol. The Balaban J connectivity index is 1.63. The maximum Gasteiger partial charge on any atom is 0.140 e. The molecule has 0 unspecified atom stereocenters. The minimum atomic E-state index is 0.369. The number of pyridine rings is 1. The van der Waals surface area contributed by atoms with Gasteiger partial charge in [-0.05, 0) is 45.0 Å². The molecule has 0 amide bonds. The second-order valence-electron chi connectivity index (χ2n) is 4.57. The molecule has 1 fully saturated rings. The number of nitrogens with one attached hydrogen (secondary N) is 1. The number of ether oxygens (including phenoxy) is 1. The molecule has 1 saturated heterocycles. The van der Waals surface area contributed by atoms with Crippen LogP contribution in [-0.2, 0) is 9.57 Å². The third-order valence-electron chi connectivity index (χ3n) is 3.10. The van der Waals surface area contributed by atoms with E-state index in [1.165, 1.54) is 0 Å². The summed E-state index contributed by atoms with van der Waals surface area (Å²) in [5, 5.41) is 7.37. The maximum absolute atomic E-state index is 5.72. The van der Waals surface area contributed by atoms with Gasteiger partial charge in [0.25, 0.3) is 0 Å². The normalized spacial score (nSPS) is 17.4. The van der Waals surface area contributed by atoms with Gasteiger partial charge in [-0.2, -0.15) is 0 Å². The van der Waals surface area contributed by atoms with E-state index >= 15 is 0 Å². The van der Waals surface area contributed by atoms with Crippen LogP contribution in [0, 0.1) is 0 Å². The van der Waals surface area contributed by atoms with E-state index < -0.39 is 0 Å². The van der Waals surface area contributed by atoms with Gasteiger partial charge in [0.15, 0.2) is 0 Å². The second kappa shape index (κ2) is 7.86. The third-order valence-corrected chi connectivity index (χ3v) is 3.10. The Morgan fingerprint density at radius 3 is 3.00 bits per heavy atom. The van der Waals surface area contributed by atoms with Crippen LogP contribution >= 0.6 is 0 Å². The number of rotatable bonds is 6. The van der Waals surface area contributed by atoms with Gasteiger partial charge >= 0.3 is 0 Å². The Hall–Kier alpha value is -1.46. The summed E-state index contributed by atoms with van der Waals surface area (Å²) in [5.74, 6) is 0. The molecule has 1 aliphatic rings. The first kappa shape index (κ1) is 14.0. The van der Waals surface area contributed by atoms with Gasteiger partial charge in [0.05, 0.1) is 18.4 Å². The van der Waals surface area contributed by atoms with Crippen molar-refractivity contribution in [2.45, 2.75) is 25.9 Å². The second-order valence-corrected chi connectivity index (χ2v) is 4.57. The minimum Gasteiger partial charge on any atom is -0.393 e. The smallest absolute Gasteiger partial charge is 0.140 e. The van der Waals surface area contributed by atoms with Gasteiger partial charge in [0.2, 0.25) is 0 Å². The minimum absolute atomic E-state index is 0.369. The Morgan fingerprint density at radius 1 is 1.42 bits per heavy atom. The number of nitrogens with zero attached hydrogens (tertiary/aromatic N) is 2. The van der Waals surface area contributed by atoms with Crippen LogP contribution in [0.3, 0.4) is 0 Å². The fourth-order valence-corrected chi connectivity index (χ4v) is 1.99.